The molecule has 2 unspecified atom stereocenters. The molecule has 0 spiro atoms. The van der Waals surface area contributed by atoms with E-state index in [9.17, 15) is 0 Å². The molecule has 0 amide bonds. The van der Waals surface area contributed by atoms with Gasteiger partial charge in [-0.05, 0) is 24.3 Å². The first-order chi connectivity index (χ1) is 13.8. The second-order valence-corrected chi connectivity index (χ2v) is 7.60. The van der Waals surface area contributed by atoms with Crippen molar-refractivity contribution in [3.8, 4) is 23.0 Å². The molecule has 148 valence electrons. The minimum atomic E-state index is 0.0908. The van der Waals surface area contributed by atoms with E-state index < -0.39 is 0 Å². The van der Waals surface area contributed by atoms with Gasteiger partial charge in [0, 0.05) is 39.3 Å². The van der Waals surface area contributed by atoms with E-state index in [4.69, 9.17) is 18.9 Å². The second-order valence-electron chi connectivity index (χ2n) is 7.60. The maximum Gasteiger partial charge on any atom is 0.161 e. The summed E-state index contributed by atoms with van der Waals surface area (Å²) < 4.78 is 23.9. The Bertz CT molecular complexity index is 739. The lowest BCUT2D eigenvalue weighted by Gasteiger charge is -2.39. The summed E-state index contributed by atoms with van der Waals surface area (Å²) in [4.78, 5) is 4.93. The minimum absolute atomic E-state index is 0.0908. The van der Waals surface area contributed by atoms with Crippen LogP contribution in [0, 0.1) is 0 Å². The van der Waals surface area contributed by atoms with Gasteiger partial charge in [0.25, 0.3) is 0 Å². The van der Waals surface area contributed by atoms with Gasteiger partial charge in [0.1, 0.15) is 25.4 Å². The highest BCUT2D eigenvalue weighted by atomic mass is 16.6. The fraction of sp³-hybridized carbons (Fsp3) is 0.455. The standard InChI is InChI=1S/C22H26N2O4/c1-3-7-21-19(5-1)25-15-17(27-21)13-23-9-11-24(12-10-23)14-18-16-26-20-6-2-4-8-22(20)28-18/h1-8,17-18H,9-16H2. The van der Waals surface area contributed by atoms with Crippen molar-refractivity contribution >= 4 is 0 Å². The summed E-state index contributed by atoms with van der Waals surface area (Å²) >= 11 is 0. The zero-order valence-corrected chi connectivity index (χ0v) is 16.0. The van der Waals surface area contributed by atoms with Crippen LogP contribution in [0.1, 0.15) is 0 Å². The zero-order chi connectivity index (χ0) is 18.8. The Kier molecular flexibility index (Phi) is 4.97. The number of nitrogens with zero attached hydrogens (tertiary/aromatic N) is 2. The fourth-order valence-corrected chi connectivity index (χ4v) is 4.04. The number of piperazine rings is 1. The molecular weight excluding hydrogens is 356 g/mol. The Balaban J connectivity index is 1.08. The molecule has 0 aliphatic carbocycles. The first-order valence-electron chi connectivity index (χ1n) is 10.1. The summed E-state index contributed by atoms with van der Waals surface area (Å²) in [6.45, 7) is 7.17. The van der Waals surface area contributed by atoms with Crippen LogP contribution in [0.2, 0.25) is 0 Å². The first kappa shape index (κ1) is 17.6. The summed E-state index contributed by atoms with van der Waals surface area (Å²) in [6, 6.07) is 15.8. The number of rotatable bonds is 4. The molecular formula is C22H26N2O4. The molecule has 2 atom stereocenters. The Morgan fingerprint density at radius 3 is 1.43 bits per heavy atom. The van der Waals surface area contributed by atoms with Crippen molar-refractivity contribution in [2.45, 2.75) is 12.2 Å². The molecule has 2 aromatic carbocycles. The van der Waals surface area contributed by atoms with Crippen molar-refractivity contribution in [1.82, 2.24) is 9.80 Å². The maximum atomic E-state index is 6.10. The Labute approximate surface area is 165 Å². The third kappa shape index (κ3) is 3.88. The Morgan fingerprint density at radius 1 is 0.607 bits per heavy atom. The third-order valence-corrected chi connectivity index (χ3v) is 5.52. The van der Waals surface area contributed by atoms with E-state index in [2.05, 4.69) is 9.80 Å². The molecule has 0 N–H and O–H groups in total. The molecule has 1 saturated heterocycles. The highest BCUT2D eigenvalue weighted by Gasteiger charge is 2.28. The van der Waals surface area contributed by atoms with Gasteiger partial charge in [0.2, 0.25) is 0 Å². The molecule has 3 heterocycles. The predicted octanol–water partition coefficient (Wildman–Crippen LogP) is 2.28. The van der Waals surface area contributed by atoms with E-state index in [0.29, 0.717) is 13.2 Å². The van der Waals surface area contributed by atoms with E-state index >= 15 is 0 Å². The molecule has 6 nitrogen and oxygen atoms in total. The van der Waals surface area contributed by atoms with Crippen LogP contribution in [0.15, 0.2) is 48.5 Å². The van der Waals surface area contributed by atoms with Gasteiger partial charge in [-0.15, -0.1) is 0 Å². The van der Waals surface area contributed by atoms with Crippen molar-refractivity contribution in [3.63, 3.8) is 0 Å². The van der Waals surface area contributed by atoms with Crippen LogP contribution in [0.3, 0.4) is 0 Å². The maximum absolute atomic E-state index is 6.10. The van der Waals surface area contributed by atoms with Crippen molar-refractivity contribution in [1.29, 1.82) is 0 Å². The molecule has 6 heteroatoms. The van der Waals surface area contributed by atoms with E-state index in [1.807, 2.05) is 48.5 Å². The molecule has 0 bridgehead atoms. The van der Waals surface area contributed by atoms with Crippen LogP contribution in [0.5, 0.6) is 23.0 Å². The van der Waals surface area contributed by atoms with Crippen molar-refractivity contribution in [2.75, 3.05) is 52.5 Å². The van der Waals surface area contributed by atoms with E-state index in [1.165, 1.54) is 0 Å². The number of ether oxygens (including phenoxy) is 4. The molecule has 1 fully saturated rings. The van der Waals surface area contributed by atoms with Crippen LogP contribution in [0.4, 0.5) is 0 Å². The van der Waals surface area contributed by atoms with E-state index in [1.54, 1.807) is 0 Å². The number of hydrogen-bond acceptors (Lipinski definition) is 6. The molecule has 0 radical (unpaired) electrons. The minimum Gasteiger partial charge on any atom is -0.486 e. The molecule has 5 rings (SSSR count). The van der Waals surface area contributed by atoms with Gasteiger partial charge in [-0.1, -0.05) is 24.3 Å². The van der Waals surface area contributed by atoms with Crippen LogP contribution >= 0.6 is 0 Å². The van der Waals surface area contributed by atoms with Gasteiger partial charge in [0.05, 0.1) is 0 Å². The van der Waals surface area contributed by atoms with E-state index in [0.717, 1.165) is 62.3 Å². The largest absolute Gasteiger partial charge is 0.486 e. The van der Waals surface area contributed by atoms with Crippen LogP contribution < -0.4 is 18.9 Å². The number of benzene rings is 2. The van der Waals surface area contributed by atoms with Crippen molar-refractivity contribution < 1.29 is 18.9 Å². The zero-order valence-electron chi connectivity index (χ0n) is 16.0. The fourth-order valence-electron chi connectivity index (χ4n) is 4.04. The number of fused-ring (bicyclic) bond motifs is 2. The predicted molar refractivity (Wildman–Crippen MR) is 106 cm³/mol. The summed E-state index contributed by atoms with van der Waals surface area (Å²) in [5.74, 6) is 3.40. The summed E-state index contributed by atoms with van der Waals surface area (Å²) in [5, 5.41) is 0. The van der Waals surface area contributed by atoms with Gasteiger partial charge in [-0.2, -0.15) is 0 Å². The van der Waals surface area contributed by atoms with Gasteiger partial charge in [0.15, 0.2) is 23.0 Å². The van der Waals surface area contributed by atoms with Crippen molar-refractivity contribution in [2.24, 2.45) is 0 Å². The average molecular weight is 382 g/mol. The first-order valence-corrected chi connectivity index (χ1v) is 10.1. The molecule has 2 aromatic rings. The third-order valence-electron chi connectivity index (χ3n) is 5.52. The lowest BCUT2D eigenvalue weighted by molar-refractivity contribution is 0.0201. The SMILES string of the molecule is c1ccc2c(c1)OCC(CN1CCN(CC3COc4ccccc4O3)CC1)O2. The Morgan fingerprint density at radius 2 is 1.00 bits per heavy atom. The summed E-state index contributed by atoms with van der Waals surface area (Å²) in [7, 11) is 0. The smallest absolute Gasteiger partial charge is 0.161 e. The molecule has 3 aliphatic rings. The monoisotopic (exact) mass is 382 g/mol. The van der Waals surface area contributed by atoms with Gasteiger partial charge in [-0.3, -0.25) is 9.80 Å². The van der Waals surface area contributed by atoms with Crippen molar-refractivity contribution in [3.05, 3.63) is 48.5 Å². The van der Waals surface area contributed by atoms with Gasteiger partial charge >= 0.3 is 0 Å². The van der Waals surface area contributed by atoms with Gasteiger partial charge in [-0.25, -0.2) is 0 Å². The highest BCUT2D eigenvalue weighted by molar-refractivity contribution is 5.41. The highest BCUT2D eigenvalue weighted by Crippen LogP contribution is 2.32. The molecule has 0 saturated carbocycles. The topological polar surface area (TPSA) is 43.4 Å². The average Bonchev–Trinajstić information content (AvgIpc) is 2.75. The van der Waals surface area contributed by atoms with Crippen LogP contribution in [0.25, 0.3) is 0 Å². The number of para-hydroxylation sites is 4. The molecule has 28 heavy (non-hydrogen) atoms. The Hall–Kier alpha value is -2.44. The number of hydrogen-bond donors (Lipinski definition) is 0. The lowest BCUT2D eigenvalue weighted by Crippen LogP contribution is -2.53. The molecule has 0 aromatic heterocycles. The second kappa shape index (κ2) is 7.89. The van der Waals surface area contributed by atoms with Gasteiger partial charge < -0.3 is 18.9 Å². The summed E-state index contributed by atoms with van der Waals surface area (Å²) in [5.41, 5.74) is 0. The quantitative estimate of drug-likeness (QED) is 0.808. The molecule has 3 aliphatic heterocycles. The van der Waals surface area contributed by atoms with E-state index in [-0.39, 0.29) is 12.2 Å². The summed E-state index contributed by atoms with van der Waals surface area (Å²) in [6.07, 6.45) is 0.182. The van der Waals surface area contributed by atoms with Crippen LogP contribution in [-0.2, 0) is 0 Å². The normalized spacial score (nSPS) is 24.7. The van der Waals surface area contributed by atoms with Crippen LogP contribution in [-0.4, -0.2) is 74.5 Å². The lowest BCUT2D eigenvalue weighted by atomic mass is 10.2.